The molecule has 20 heavy (non-hydrogen) atoms. The van der Waals surface area contributed by atoms with E-state index in [4.69, 9.17) is 19.6 Å². The Morgan fingerprint density at radius 3 is 1.80 bits per heavy atom. The third-order valence-corrected chi connectivity index (χ3v) is 6.78. The second-order valence-corrected chi connectivity index (χ2v) is 8.63. The molecule has 0 saturated heterocycles. The molecule has 0 amide bonds. The number of rotatable bonds is 9. The SMILES string of the molecule is CCCCCN(C)CCC(O)(P(=O)(O)O)P(=O)(O)O.[SrH2]. The number of aliphatic hydroxyl groups is 1. The molecule has 0 heterocycles. The third-order valence-electron chi connectivity index (χ3n) is 2.91. The first-order chi connectivity index (χ1) is 8.45. The first kappa shape index (κ1) is 24.0. The Morgan fingerprint density at radius 2 is 1.45 bits per heavy atom. The maximum atomic E-state index is 11.1. The Morgan fingerprint density at radius 1 is 1.00 bits per heavy atom. The van der Waals surface area contributed by atoms with Crippen molar-refractivity contribution in [3.63, 3.8) is 0 Å². The van der Waals surface area contributed by atoms with Gasteiger partial charge in [0.25, 0.3) is 5.08 Å². The number of hydrogen-bond acceptors (Lipinski definition) is 4. The zero-order valence-electron chi connectivity index (χ0n) is 11.1. The fraction of sp³-hybridized carbons (Fsp3) is 1.00. The summed E-state index contributed by atoms with van der Waals surface area (Å²) in [5.74, 6) is 0. The molecule has 8 nitrogen and oxygen atoms in total. The van der Waals surface area contributed by atoms with Crippen LogP contribution in [0.2, 0.25) is 0 Å². The van der Waals surface area contributed by atoms with Crippen LogP contribution in [0.3, 0.4) is 0 Å². The van der Waals surface area contributed by atoms with Crippen molar-refractivity contribution in [1.29, 1.82) is 0 Å². The van der Waals surface area contributed by atoms with E-state index < -0.39 is 26.7 Å². The van der Waals surface area contributed by atoms with Crippen LogP contribution in [0.5, 0.6) is 0 Å². The molecule has 0 spiro atoms. The van der Waals surface area contributed by atoms with Gasteiger partial charge in [-0.3, -0.25) is 9.13 Å². The summed E-state index contributed by atoms with van der Waals surface area (Å²) in [6, 6.07) is 0. The molecule has 0 fully saturated rings. The van der Waals surface area contributed by atoms with Crippen LogP contribution in [0, 0.1) is 0 Å². The standard InChI is InChI=1S/C9H23NO7P2.Sr.2H/c1-3-4-5-7-10(2)8-6-9(11,18(12,13)14)19(15,16)17;;;/h11H,3-8H2,1-2H3,(H2,12,13,14)(H2,15,16,17);;;. The topological polar surface area (TPSA) is 139 Å². The van der Waals surface area contributed by atoms with Crippen LogP contribution >= 0.6 is 15.2 Å². The van der Waals surface area contributed by atoms with Crippen LogP contribution < -0.4 is 0 Å². The molecule has 0 aromatic heterocycles. The minimum absolute atomic E-state index is 0. The Balaban J connectivity index is 0. The van der Waals surface area contributed by atoms with Crippen LogP contribution in [0.25, 0.3) is 0 Å². The summed E-state index contributed by atoms with van der Waals surface area (Å²) in [6.45, 7) is 2.64. The van der Waals surface area contributed by atoms with Crippen LogP contribution in [0.1, 0.15) is 32.6 Å². The van der Waals surface area contributed by atoms with E-state index in [1.54, 1.807) is 11.9 Å². The van der Waals surface area contributed by atoms with Gasteiger partial charge in [-0.2, -0.15) is 0 Å². The molecule has 0 atom stereocenters. The van der Waals surface area contributed by atoms with E-state index in [2.05, 4.69) is 0 Å². The number of nitrogens with zero attached hydrogens (tertiary/aromatic N) is 1. The molecule has 0 saturated carbocycles. The quantitative estimate of drug-likeness (QED) is 0.197. The van der Waals surface area contributed by atoms with Gasteiger partial charge in [-0.1, -0.05) is 19.8 Å². The van der Waals surface area contributed by atoms with Gasteiger partial charge in [0.05, 0.1) is 0 Å². The molecule has 0 aromatic carbocycles. The van der Waals surface area contributed by atoms with E-state index in [0.29, 0.717) is 6.54 Å². The molecule has 0 aliphatic heterocycles. The van der Waals surface area contributed by atoms with Gasteiger partial charge < -0.3 is 29.6 Å². The summed E-state index contributed by atoms with van der Waals surface area (Å²) in [5, 5.41) is 6.35. The predicted molar refractivity (Wildman–Crippen MR) is 79.2 cm³/mol. The van der Waals surface area contributed by atoms with Crippen molar-refractivity contribution in [2.45, 2.75) is 37.7 Å². The van der Waals surface area contributed by atoms with Gasteiger partial charge in [0, 0.05) is 13.0 Å². The summed E-state index contributed by atoms with van der Waals surface area (Å²) in [6.07, 6.45) is 2.19. The van der Waals surface area contributed by atoms with E-state index in [1.165, 1.54) is 0 Å². The molecule has 0 aliphatic carbocycles. The van der Waals surface area contributed by atoms with Crippen molar-refractivity contribution < 1.29 is 33.8 Å². The van der Waals surface area contributed by atoms with Gasteiger partial charge in [-0.25, -0.2) is 0 Å². The average molecular weight is 409 g/mol. The fourth-order valence-corrected chi connectivity index (χ4v) is 3.69. The first-order valence-electron chi connectivity index (χ1n) is 5.98. The molecular weight excluding hydrogens is 384 g/mol. The Kier molecular flexibility index (Phi) is 11.7. The second-order valence-electron chi connectivity index (χ2n) is 4.62. The molecule has 11 heteroatoms. The summed E-state index contributed by atoms with van der Waals surface area (Å²) < 4.78 is 22.2. The third kappa shape index (κ3) is 7.31. The summed E-state index contributed by atoms with van der Waals surface area (Å²) in [5.41, 5.74) is 0. The Bertz CT molecular complexity index is 347. The first-order valence-corrected chi connectivity index (χ1v) is 9.20. The van der Waals surface area contributed by atoms with Gasteiger partial charge in [-0.05, 0) is 20.0 Å². The zero-order valence-corrected chi connectivity index (χ0v) is 12.9. The predicted octanol–water partition coefficient (Wildman–Crippen LogP) is -0.416. The zero-order chi connectivity index (χ0) is 15.3. The van der Waals surface area contributed by atoms with E-state index in [9.17, 15) is 14.2 Å². The van der Waals surface area contributed by atoms with Crippen molar-refractivity contribution in [3.05, 3.63) is 0 Å². The van der Waals surface area contributed by atoms with Crippen molar-refractivity contribution in [2.75, 3.05) is 20.1 Å². The van der Waals surface area contributed by atoms with Crippen molar-refractivity contribution in [2.24, 2.45) is 0 Å². The van der Waals surface area contributed by atoms with Crippen LogP contribution in [0.4, 0.5) is 0 Å². The normalized spacial score (nSPS) is 13.4. The summed E-state index contributed by atoms with van der Waals surface area (Å²) in [7, 11) is -9.00. The monoisotopic (exact) mass is 409 g/mol. The molecule has 5 N–H and O–H groups in total. The van der Waals surface area contributed by atoms with E-state index in [-0.39, 0.29) is 52.0 Å². The Hall–Kier alpha value is 1.70. The van der Waals surface area contributed by atoms with Crippen LogP contribution in [-0.2, 0) is 9.13 Å². The van der Waals surface area contributed by atoms with Gasteiger partial charge in [0.2, 0.25) is 0 Å². The minimum atomic E-state index is -5.33. The summed E-state index contributed by atoms with van der Waals surface area (Å²) in [4.78, 5) is 37.5. The molecule has 0 aliphatic rings. The van der Waals surface area contributed by atoms with Gasteiger partial charge in [-0.15, -0.1) is 0 Å². The molecule has 0 aromatic rings. The molecule has 0 rings (SSSR count). The second kappa shape index (κ2) is 9.75. The molecule has 0 bridgehead atoms. The number of hydrogen-bond donors (Lipinski definition) is 5. The number of unbranched alkanes of at least 4 members (excludes halogenated alkanes) is 2. The van der Waals surface area contributed by atoms with Gasteiger partial charge in [0.15, 0.2) is 0 Å². The Labute approximate surface area is 156 Å². The summed E-state index contributed by atoms with van der Waals surface area (Å²) >= 11 is 0. The van der Waals surface area contributed by atoms with Crippen LogP contribution in [-0.4, -0.2) is 100 Å². The fourth-order valence-electron chi connectivity index (χ4n) is 1.55. The van der Waals surface area contributed by atoms with E-state index >= 15 is 0 Å². The van der Waals surface area contributed by atoms with Crippen LogP contribution in [0.15, 0.2) is 0 Å². The van der Waals surface area contributed by atoms with Gasteiger partial charge in [0.1, 0.15) is 0 Å². The van der Waals surface area contributed by atoms with Crippen molar-refractivity contribution in [1.82, 2.24) is 4.90 Å². The molecule has 120 valence electrons. The van der Waals surface area contributed by atoms with E-state index in [0.717, 1.165) is 19.3 Å². The maximum absolute atomic E-state index is 11.1. The van der Waals surface area contributed by atoms with E-state index in [1.807, 2.05) is 6.92 Å². The van der Waals surface area contributed by atoms with Crippen molar-refractivity contribution >= 4 is 60.7 Å². The molecule has 0 unspecified atom stereocenters. The molecular formula is C9H25NO7P2Sr. The average Bonchev–Trinajstić information content (AvgIpc) is 2.23. The van der Waals surface area contributed by atoms with Gasteiger partial charge >= 0.3 is 60.7 Å². The molecule has 0 radical (unpaired) electrons. The van der Waals surface area contributed by atoms with Crippen molar-refractivity contribution in [3.8, 4) is 0 Å².